The molecule has 8 nitrogen and oxygen atoms in total. The van der Waals surface area contributed by atoms with Crippen molar-refractivity contribution in [3.8, 4) is 0 Å². The van der Waals surface area contributed by atoms with Crippen LogP contribution in [-0.2, 0) is 10.3 Å². The van der Waals surface area contributed by atoms with Gasteiger partial charge in [0.25, 0.3) is 5.56 Å². The summed E-state index contributed by atoms with van der Waals surface area (Å²) in [6.07, 6.45) is 1.47. The van der Waals surface area contributed by atoms with Gasteiger partial charge < -0.3 is 10.4 Å². The molecule has 0 saturated heterocycles. The molecule has 3 N–H and O–H groups in total. The highest BCUT2D eigenvalue weighted by Gasteiger charge is 2.24. The number of carboxylic acids is 1. The van der Waals surface area contributed by atoms with Gasteiger partial charge in [-0.3, -0.25) is 9.78 Å². The number of anilines is 1. The van der Waals surface area contributed by atoms with Gasteiger partial charge in [-0.05, 0) is 26.7 Å². The summed E-state index contributed by atoms with van der Waals surface area (Å²) in [6.45, 7) is 9.40. The van der Waals surface area contributed by atoms with Crippen molar-refractivity contribution in [2.45, 2.75) is 46.2 Å². The van der Waals surface area contributed by atoms with Crippen LogP contribution in [0.1, 0.15) is 34.6 Å². The van der Waals surface area contributed by atoms with E-state index in [2.05, 4.69) is 20.4 Å². The molecule has 2 rings (SSSR count). The molecular formula is C14H21N5O3. The first kappa shape index (κ1) is 16.0. The molecule has 0 aromatic carbocycles. The van der Waals surface area contributed by atoms with Crippen molar-refractivity contribution in [1.29, 1.82) is 0 Å². The number of carbonyl (C=O) groups is 1. The summed E-state index contributed by atoms with van der Waals surface area (Å²) in [5.74, 6) is -1.03. The molecule has 0 fully saturated rings. The molecule has 120 valence electrons. The van der Waals surface area contributed by atoms with Crippen molar-refractivity contribution in [3.05, 3.63) is 16.6 Å². The Kier molecular flexibility index (Phi) is 3.95. The number of hydrogen-bond donors (Lipinski definition) is 3. The van der Waals surface area contributed by atoms with Crippen molar-refractivity contribution < 1.29 is 9.90 Å². The third kappa shape index (κ3) is 2.95. The van der Waals surface area contributed by atoms with E-state index in [4.69, 9.17) is 0 Å². The first-order chi connectivity index (χ1) is 10.1. The second kappa shape index (κ2) is 5.43. The quantitative estimate of drug-likeness (QED) is 0.787. The van der Waals surface area contributed by atoms with E-state index in [0.29, 0.717) is 11.0 Å². The molecule has 0 unspecified atom stereocenters. The number of carboxylic acid groups (broad SMARTS) is 1. The third-order valence-corrected chi connectivity index (χ3v) is 3.30. The van der Waals surface area contributed by atoms with Gasteiger partial charge in [0.15, 0.2) is 5.65 Å². The largest absolute Gasteiger partial charge is 0.480 e. The van der Waals surface area contributed by atoms with Gasteiger partial charge in [-0.1, -0.05) is 13.8 Å². The van der Waals surface area contributed by atoms with Crippen LogP contribution in [0.3, 0.4) is 0 Å². The number of hydrogen-bond acceptors (Lipinski definition) is 5. The van der Waals surface area contributed by atoms with Crippen LogP contribution in [0.4, 0.5) is 5.95 Å². The summed E-state index contributed by atoms with van der Waals surface area (Å²) >= 11 is 0. The predicted octanol–water partition coefficient (Wildman–Crippen LogP) is 1.40. The maximum Gasteiger partial charge on any atom is 0.326 e. The molecule has 0 saturated carbocycles. The van der Waals surface area contributed by atoms with Crippen LogP contribution in [0.2, 0.25) is 0 Å². The normalized spacial score (nSPS) is 13.5. The van der Waals surface area contributed by atoms with Crippen LogP contribution < -0.4 is 10.9 Å². The number of aromatic nitrogens is 4. The molecule has 2 heterocycles. The number of aromatic amines is 1. The molecule has 22 heavy (non-hydrogen) atoms. The van der Waals surface area contributed by atoms with Crippen LogP contribution >= 0.6 is 0 Å². The zero-order chi connectivity index (χ0) is 16.7. The summed E-state index contributed by atoms with van der Waals surface area (Å²) in [5, 5.41) is 16.6. The average molecular weight is 307 g/mol. The Hall–Kier alpha value is -2.38. The Labute approximate surface area is 127 Å². The van der Waals surface area contributed by atoms with Crippen molar-refractivity contribution in [3.63, 3.8) is 0 Å². The molecule has 2 aromatic rings. The number of H-pyrrole nitrogens is 1. The van der Waals surface area contributed by atoms with Crippen molar-refractivity contribution in [1.82, 2.24) is 19.7 Å². The van der Waals surface area contributed by atoms with Crippen molar-refractivity contribution in [2.75, 3.05) is 5.32 Å². The Morgan fingerprint density at radius 2 is 2.05 bits per heavy atom. The minimum atomic E-state index is -0.998. The van der Waals surface area contributed by atoms with Gasteiger partial charge in [-0.2, -0.15) is 10.1 Å². The van der Waals surface area contributed by atoms with Gasteiger partial charge in [0, 0.05) is 0 Å². The number of aliphatic carboxylic acids is 1. The molecule has 0 spiro atoms. The summed E-state index contributed by atoms with van der Waals surface area (Å²) in [7, 11) is 0. The highest BCUT2D eigenvalue weighted by Crippen LogP contribution is 2.19. The van der Waals surface area contributed by atoms with E-state index >= 15 is 0 Å². The van der Waals surface area contributed by atoms with Gasteiger partial charge in [0.05, 0.1) is 11.7 Å². The second-order valence-electron chi connectivity index (χ2n) is 6.58. The van der Waals surface area contributed by atoms with Crippen LogP contribution in [0.5, 0.6) is 0 Å². The minimum absolute atomic E-state index is 0.129. The molecule has 2 aromatic heterocycles. The molecule has 0 aliphatic rings. The SMILES string of the molecule is CC(C)[C@H](Nc1nc2c(cnn2C(C)(C)C)c(=O)[nH]1)C(=O)O. The standard InChI is InChI=1S/C14H21N5O3/c1-7(2)9(12(21)22)16-13-17-10-8(11(20)18-13)6-15-19(10)14(3,4)5/h6-7,9H,1-5H3,(H,21,22)(H2,16,17,18,20)/t9-/m0/s1. The number of fused-ring (bicyclic) bond motifs is 1. The zero-order valence-corrected chi connectivity index (χ0v) is 13.3. The Balaban J connectivity index is 2.53. The molecule has 0 bridgehead atoms. The van der Waals surface area contributed by atoms with E-state index in [-0.39, 0.29) is 23.0 Å². The molecule has 0 aliphatic heterocycles. The van der Waals surface area contributed by atoms with E-state index in [1.54, 1.807) is 18.5 Å². The molecular weight excluding hydrogens is 286 g/mol. The van der Waals surface area contributed by atoms with Crippen molar-refractivity contribution >= 4 is 23.0 Å². The van der Waals surface area contributed by atoms with Crippen LogP contribution in [0.25, 0.3) is 11.0 Å². The minimum Gasteiger partial charge on any atom is -0.480 e. The fourth-order valence-electron chi connectivity index (χ4n) is 2.14. The van der Waals surface area contributed by atoms with Gasteiger partial charge in [-0.15, -0.1) is 0 Å². The average Bonchev–Trinajstić information content (AvgIpc) is 2.79. The summed E-state index contributed by atoms with van der Waals surface area (Å²) < 4.78 is 1.65. The highest BCUT2D eigenvalue weighted by molar-refractivity contribution is 5.78. The zero-order valence-electron chi connectivity index (χ0n) is 13.3. The lowest BCUT2D eigenvalue weighted by Gasteiger charge is -2.21. The molecule has 0 radical (unpaired) electrons. The van der Waals surface area contributed by atoms with Gasteiger partial charge in [0.1, 0.15) is 11.4 Å². The number of nitrogens with one attached hydrogen (secondary N) is 2. The van der Waals surface area contributed by atoms with Crippen LogP contribution in [0.15, 0.2) is 11.0 Å². The second-order valence-corrected chi connectivity index (χ2v) is 6.58. The topological polar surface area (TPSA) is 113 Å². The van der Waals surface area contributed by atoms with Gasteiger partial charge in [0.2, 0.25) is 5.95 Å². The number of rotatable bonds is 4. The fourth-order valence-corrected chi connectivity index (χ4v) is 2.14. The summed E-state index contributed by atoms with van der Waals surface area (Å²) in [4.78, 5) is 30.3. The summed E-state index contributed by atoms with van der Waals surface area (Å²) in [5.41, 5.74) is -0.271. The van der Waals surface area contributed by atoms with Gasteiger partial charge in [-0.25, -0.2) is 9.48 Å². The first-order valence-electron chi connectivity index (χ1n) is 7.09. The van der Waals surface area contributed by atoms with E-state index in [1.165, 1.54) is 6.20 Å². The highest BCUT2D eigenvalue weighted by atomic mass is 16.4. The van der Waals surface area contributed by atoms with E-state index in [1.807, 2.05) is 20.8 Å². The maximum atomic E-state index is 12.1. The molecule has 1 atom stereocenters. The smallest absolute Gasteiger partial charge is 0.326 e. The van der Waals surface area contributed by atoms with E-state index in [0.717, 1.165) is 0 Å². The van der Waals surface area contributed by atoms with Crippen LogP contribution in [0, 0.1) is 5.92 Å². The van der Waals surface area contributed by atoms with E-state index in [9.17, 15) is 14.7 Å². The van der Waals surface area contributed by atoms with Gasteiger partial charge >= 0.3 is 5.97 Å². The monoisotopic (exact) mass is 307 g/mol. The lowest BCUT2D eigenvalue weighted by molar-refractivity contribution is -0.138. The Bertz CT molecular complexity index is 754. The fraction of sp³-hybridized carbons (Fsp3) is 0.571. The molecule has 0 amide bonds. The Morgan fingerprint density at radius 1 is 1.41 bits per heavy atom. The number of nitrogens with zero attached hydrogens (tertiary/aromatic N) is 3. The maximum absolute atomic E-state index is 12.1. The molecule has 0 aliphatic carbocycles. The van der Waals surface area contributed by atoms with E-state index < -0.39 is 12.0 Å². The van der Waals surface area contributed by atoms with Crippen LogP contribution in [-0.4, -0.2) is 36.9 Å². The molecule has 8 heteroatoms. The lowest BCUT2D eigenvalue weighted by Crippen LogP contribution is -2.35. The first-order valence-corrected chi connectivity index (χ1v) is 7.09. The van der Waals surface area contributed by atoms with Crippen molar-refractivity contribution in [2.24, 2.45) is 5.92 Å². The third-order valence-electron chi connectivity index (χ3n) is 3.30. The summed E-state index contributed by atoms with van der Waals surface area (Å²) in [6, 6.07) is -0.841. The predicted molar refractivity (Wildman–Crippen MR) is 83.0 cm³/mol. The lowest BCUT2D eigenvalue weighted by atomic mass is 10.1. The Morgan fingerprint density at radius 3 is 2.55 bits per heavy atom.